The van der Waals surface area contributed by atoms with Gasteiger partial charge in [0.2, 0.25) is 5.91 Å². The van der Waals surface area contributed by atoms with E-state index in [0.29, 0.717) is 18.7 Å². The first-order valence-corrected chi connectivity index (χ1v) is 5.98. The second-order valence-electron chi connectivity index (χ2n) is 4.26. The van der Waals surface area contributed by atoms with Gasteiger partial charge in [0.15, 0.2) is 6.17 Å². The summed E-state index contributed by atoms with van der Waals surface area (Å²) in [5.41, 5.74) is 0. The Hall–Kier alpha value is -1.84. The minimum Gasteiger partial charge on any atom is -0.487 e. The summed E-state index contributed by atoms with van der Waals surface area (Å²) >= 11 is 0. The molecule has 1 heterocycles. The van der Waals surface area contributed by atoms with Gasteiger partial charge in [-0.25, -0.2) is 4.39 Å². The quantitative estimate of drug-likeness (QED) is 0.768. The number of ether oxygens (including phenoxy) is 1. The predicted octanol–water partition coefficient (Wildman–Crippen LogP) is 2.19. The molecule has 2 rings (SSSR count). The highest BCUT2D eigenvalue weighted by molar-refractivity contribution is 5.87. The molecule has 1 aromatic carbocycles. The molecule has 0 bridgehead atoms. The van der Waals surface area contributed by atoms with Gasteiger partial charge in [-0.1, -0.05) is 24.8 Å². The summed E-state index contributed by atoms with van der Waals surface area (Å²) in [6, 6.07) is 9.17. The van der Waals surface area contributed by atoms with Crippen molar-refractivity contribution in [2.75, 3.05) is 13.1 Å². The lowest BCUT2D eigenvalue weighted by atomic mass is 10.1. The van der Waals surface area contributed by atoms with Crippen LogP contribution in [-0.2, 0) is 4.79 Å². The fourth-order valence-corrected chi connectivity index (χ4v) is 2.02. The van der Waals surface area contributed by atoms with Gasteiger partial charge in [-0.15, -0.1) is 0 Å². The largest absolute Gasteiger partial charge is 0.487 e. The van der Waals surface area contributed by atoms with Crippen LogP contribution >= 0.6 is 0 Å². The minimum absolute atomic E-state index is 0.0718. The monoisotopic (exact) mass is 249 g/mol. The summed E-state index contributed by atoms with van der Waals surface area (Å²) in [6.07, 6.45) is 0.0601. The normalized spacial score (nSPS) is 23.5. The predicted molar refractivity (Wildman–Crippen MR) is 67.1 cm³/mol. The van der Waals surface area contributed by atoms with Crippen LogP contribution in [0.2, 0.25) is 0 Å². The van der Waals surface area contributed by atoms with Crippen molar-refractivity contribution in [3.8, 4) is 5.75 Å². The van der Waals surface area contributed by atoms with Crippen LogP contribution in [0, 0.1) is 0 Å². The number of amides is 1. The lowest BCUT2D eigenvalue weighted by Crippen LogP contribution is -2.48. The first kappa shape index (κ1) is 12.6. The summed E-state index contributed by atoms with van der Waals surface area (Å²) in [7, 11) is 0. The maximum atomic E-state index is 13.9. The van der Waals surface area contributed by atoms with Gasteiger partial charge in [0.25, 0.3) is 0 Å². The van der Waals surface area contributed by atoms with E-state index in [-0.39, 0.29) is 12.5 Å². The molecule has 18 heavy (non-hydrogen) atoms. The fourth-order valence-electron chi connectivity index (χ4n) is 2.02. The highest BCUT2D eigenvalue weighted by Crippen LogP contribution is 2.21. The van der Waals surface area contributed by atoms with Crippen LogP contribution in [-0.4, -0.2) is 36.2 Å². The Kier molecular flexibility index (Phi) is 3.97. The Morgan fingerprint density at radius 3 is 2.78 bits per heavy atom. The Morgan fingerprint density at radius 1 is 1.44 bits per heavy atom. The van der Waals surface area contributed by atoms with Gasteiger partial charge in [-0.05, 0) is 18.2 Å². The van der Waals surface area contributed by atoms with Crippen LogP contribution in [0.15, 0.2) is 43.0 Å². The van der Waals surface area contributed by atoms with Gasteiger partial charge in [0, 0.05) is 13.0 Å². The molecule has 1 fully saturated rings. The van der Waals surface area contributed by atoms with Crippen LogP contribution < -0.4 is 4.74 Å². The molecular weight excluding hydrogens is 233 g/mol. The summed E-state index contributed by atoms with van der Waals surface area (Å²) in [4.78, 5) is 12.8. The van der Waals surface area contributed by atoms with E-state index in [1.165, 1.54) is 11.0 Å². The number of rotatable bonds is 3. The van der Waals surface area contributed by atoms with Gasteiger partial charge >= 0.3 is 0 Å². The summed E-state index contributed by atoms with van der Waals surface area (Å²) in [6.45, 7) is 3.98. The average Bonchev–Trinajstić information content (AvgIpc) is 2.41. The van der Waals surface area contributed by atoms with Crippen molar-refractivity contribution in [2.24, 2.45) is 0 Å². The Bertz CT molecular complexity index is 421. The highest BCUT2D eigenvalue weighted by Gasteiger charge is 2.32. The maximum absolute atomic E-state index is 13.9. The maximum Gasteiger partial charge on any atom is 0.246 e. The topological polar surface area (TPSA) is 29.5 Å². The molecule has 1 saturated heterocycles. The lowest BCUT2D eigenvalue weighted by molar-refractivity contribution is -0.129. The fraction of sp³-hybridized carbons (Fsp3) is 0.357. The second kappa shape index (κ2) is 5.67. The molecule has 4 heteroatoms. The van der Waals surface area contributed by atoms with Crippen molar-refractivity contribution in [2.45, 2.75) is 18.7 Å². The second-order valence-corrected chi connectivity index (χ2v) is 4.26. The molecule has 1 aliphatic heterocycles. The van der Waals surface area contributed by atoms with Crippen molar-refractivity contribution >= 4 is 5.91 Å². The van der Waals surface area contributed by atoms with Crippen molar-refractivity contribution in [3.05, 3.63) is 43.0 Å². The van der Waals surface area contributed by atoms with Crippen LogP contribution in [0.1, 0.15) is 6.42 Å². The third-order valence-electron chi connectivity index (χ3n) is 3.00. The number of benzene rings is 1. The van der Waals surface area contributed by atoms with Crippen LogP contribution in [0.3, 0.4) is 0 Å². The van der Waals surface area contributed by atoms with E-state index in [0.717, 1.165) is 0 Å². The molecule has 0 unspecified atom stereocenters. The number of nitrogens with zero attached hydrogens (tertiary/aromatic N) is 1. The van der Waals surface area contributed by atoms with E-state index in [1.807, 2.05) is 18.2 Å². The number of para-hydroxylation sites is 1. The zero-order valence-corrected chi connectivity index (χ0v) is 10.1. The van der Waals surface area contributed by atoms with Crippen LogP contribution in [0.25, 0.3) is 0 Å². The minimum atomic E-state index is -1.16. The molecule has 0 N–H and O–H groups in total. The molecule has 1 amide bonds. The standard InChI is InChI=1S/C14H16FNO2/c1-2-14(17)16-9-8-13(12(15)10-16)18-11-6-4-3-5-7-11/h2-7,12-13H,1,8-10H2/t12-,13+/m1/s1. The van der Waals surface area contributed by atoms with E-state index in [9.17, 15) is 9.18 Å². The number of likely N-dealkylation sites (tertiary alicyclic amines) is 1. The molecule has 3 nitrogen and oxygen atoms in total. The summed E-state index contributed by atoms with van der Waals surface area (Å²) in [5, 5.41) is 0. The molecule has 0 aromatic heterocycles. The number of piperidine rings is 1. The Labute approximate surface area is 106 Å². The van der Waals surface area contributed by atoms with E-state index in [1.54, 1.807) is 12.1 Å². The molecule has 96 valence electrons. The SMILES string of the molecule is C=CC(=O)N1CC[C@H](Oc2ccccc2)[C@H](F)C1. The zero-order valence-electron chi connectivity index (χ0n) is 10.1. The van der Waals surface area contributed by atoms with Crippen LogP contribution in [0.5, 0.6) is 5.75 Å². The summed E-state index contributed by atoms with van der Waals surface area (Å²) in [5.74, 6) is 0.435. The number of hydrogen-bond acceptors (Lipinski definition) is 2. The van der Waals surface area contributed by atoms with Crippen molar-refractivity contribution < 1.29 is 13.9 Å². The molecule has 2 atom stereocenters. The number of hydrogen-bond donors (Lipinski definition) is 0. The van der Waals surface area contributed by atoms with Crippen LogP contribution in [0.4, 0.5) is 4.39 Å². The van der Waals surface area contributed by atoms with Crippen molar-refractivity contribution in [1.82, 2.24) is 4.90 Å². The molecule has 0 saturated carbocycles. The van der Waals surface area contributed by atoms with Gasteiger partial charge in [0.05, 0.1) is 6.54 Å². The number of alkyl halides is 1. The Balaban J connectivity index is 1.94. The van der Waals surface area contributed by atoms with E-state index >= 15 is 0 Å². The molecule has 0 radical (unpaired) electrons. The third-order valence-corrected chi connectivity index (χ3v) is 3.00. The Morgan fingerprint density at radius 2 is 2.17 bits per heavy atom. The average molecular weight is 249 g/mol. The molecule has 1 aromatic rings. The molecule has 0 aliphatic carbocycles. The molecule has 0 spiro atoms. The lowest BCUT2D eigenvalue weighted by Gasteiger charge is -2.34. The highest BCUT2D eigenvalue weighted by atomic mass is 19.1. The van der Waals surface area contributed by atoms with Gasteiger partial charge < -0.3 is 9.64 Å². The van der Waals surface area contributed by atoms with E-state index < -0.39 is 12.3 Å². The molecular formula is C14H16FNO2. The first-order chi connectivity index (χ1) is 8.70. The van der Waals surface area contributed by atoms with Gasteiger partial charge in [-0.2, -0.15) is 0 Å². The zero-order chi connectivity index (χ0) is 13.0. The van der Waals surface area contributed by atoms with E-state index in [2.05, 4.69) is 6.58 Å². The van der Waals surface area contributed by atoms with Crippen molar-refractivity contribution in [3.63, 3.8) is 0 Å². The number of carbonyl (C=O) groups is 1. The third kappa shape index (κ3) is 2.88. The summed E-state index contributed by atoms with van der Waals surface area (Å²) < 4.78 is 19.5. The number of halogens is 1. The van der Waals surface area contributed by atoms with E-state index in [4.69, 9.17) is 4.74 Å². The number of carbonyl (C=O) groups excluding carboxylic acids is 1. The van der Waals surface area contributed by atoms with Gasteiger partial charge in [-0.3, -0.25) is 4.79 Å². The first-order valence-electron chi connectivity index (χ1n) is 5.98. The van der Waals surface area contributed by atoms with Crippen molar-refractivity contribution in [1.29, 1.82) is 0 Å². The van der Waals surface area contributed by atoms with Gasteiger partial charge in [0.1, 0.15) is 11.9 Å². The molecule has 1 aliphatic rings. The smallest absolute Gasteiger partial charge is 0.246 e.